The summed E-state index contributed by atoms with van der Waals surface area (Å²) in [5.74, 6) is -0.601. The molecule has 0 fully saturated rings. The van der Waals surface area contributed by atoms with Crippen LogP contribution in [0.3, 0.4) is 0 Å². The van der Waals surface area contributed by atoms with Crippen molar-refractivity contribution in [3.05, 3.63) is 74.9 Å². The molecule has 0 bridgehead atoms. The Morgan fingerprint density at radius 2 is 1.51 bits per heavy atom. The van der Waals surface area contributed by atoms with Crippen LogP contribution in [0.1, 0.15) is 12.5 Å². The number of fused-ring (bicyclic) bond motifs is 1. The van der Waals surface area contributed by atoms with Gasteiger partial charge in [-0.1, -0.05) is 18.2 Å². The average molecular weight is 526 g/mol. The zero-order valence-corrected chi connectivity index (χ0v) is 19.5. The molecule has 0 aliphatic heterocycles. The van der Waals surface area contributed by atoms with Gasteiger partial charge in [0.25, 0.3) is 5.56 Å². The summed E-state index contributed by atoms with van der Waals surface area (Å²) in [6.07, 6.45) is -8.31. The molecular weight excluding hydrogens is 507 g/mol. The first-order chi connectivity index (χ1) is 17.2. The maximum Gasteiger partial charge on any atom is 0.573 e. The molecule has 4 aromatic rings. The summed E-state index contributed by atoms with van der Waals surface area (Å²) >= 11 is 0. The number of imidazole rings is 1. The molecule has 0 unspecified atom stereocenters. The molecule has 14 heteroatoms. The lowest BCUT2D eigenvalue weighted by atomic mass is 10.2. The molecular formula is C23H19F5N4O5. The summed E-state index contributed by atoms with van der Waals surface area (Å²) in [6.45, 7) is 0.468. The number of alkyl halides is 5. The highest BCUT2D eigenvalue weighted by Crippen LogP contribution is 2.30. The molecule has 4 rings (SSSR count). The van der Waals surface area contributed by atoms with E-state index in [1.807, 2.05) is 0 Å². The molecule has 9 nitrogen and oxygen atoms in total. The number of hydrogen-bond acceptors (Lipinski definition) is 6. The number of rotatable bonds is 7. The fourth-order valence-electron chi connectivity index (χ4n) is 3.54. The van der Waals surface area contributed by atoms with Gasteiger partial charge >= 0.3 is 24.2 Å². The fraction of sp³-hybridized carbons (Fsp3) is 0.261. The number of ether oxygens (including phenoxy) is 3. The highest BCUT2D eigenvalue weighted by atomic mass is 19.4. The Balaban J connectivity index is 1.79. The summed E-state index contributed by atoms with van der Waals surface area (Å²) in [6, 6.07) is 10.0. The van der Waals surface area contributed by atoms with Gasteiger partial charge < -0.3 is 14.2 Å². The highest BCUT2D eigenvalue weighted by Gasteiger charge is 2.31. The Bertz CT molecular complexity index is 1570. The van der Waals surface area contributed by atoms with Gasteiger partial charge in [0.2, 0.25) is 0 Å². The van der Waals surface area contributed by atoms with Crippen LogP contribution in [0.5, 0.6) is 23.3 Å². The van der Waals surface area contributed by atoms with Gasteiger partial charge in [-0.15, -0.1) is 13.2 Å². The van der Waals surface area contributed by atoms with Crippen molar-refractivity contribution >= 4 is 11.2 Å². The van der Waals surface area contributed by atoms with Crippen molar-refractivity contribution in [2.45, 2.75) is 25.9 Å². The van der Waals surface area contributed by atoms with Crippen molar-refractivity contribution in [1.29, 1.82) is 0 Å². The molecule has 2 heterocycles. The summed E-state index contributed by atoms with van der Waals surface area (Å²) in [4.78, 5) is 29.7. The van der Waals surface area contributed by atoms with Crippen LogP contribution in [0, 0.1) is 0 Å². The Labute approximate surface area is 204 Å². The van der Waals surface area contributed by atoms with Crippen molar-refractivity contribution in [2.75, 3.05) is 0 Å². The lowest BCUT2D eigenvalue weighted by Crippen LogP contribution is -2.37. The SMILES string of the molecule is Cn1c(=O)c2c(nc(Oc3cccc(OC(C)(F)F)c3)n2Cc2ccc(OC(F)(F)F)cc2)n(C)c1=O. The fourth-order valence-corrected chi connectivity index (χ4v) is 3.54. The zero-order chi connectivity index (χ0) is 27.1. The van der Waals surface area contributed by atoms with E-state index in [1.165, 1.54) is 55.1 Å². The molecule has 0 amide bonds. The molecule has 0 aliphatic rings. The molecule has 2 aromatic heterocycles. The average Bonchev–Trinajstić information content (AvgIpc) is 3.13. The van der Waals surface area contributed by atoms with Gasteiger partial charge in [0, 0.05) is 27.1 Å². The van der Waals surface area contributed by atoms with Crippen molar-refractivity contribution in [3.63, 3.8) is 0 Å². The second-order valence-electron chi connectivity index (χ2n) is 8.04. The summed E-state index contributed by atoms with van der Waals surface area (Å²) in [7, 11) is 2.67. The molecule has 0 radical (unpaired) electrons. The first-order valence-corrected chi connectivity index (χ1v) is 10.6. The van der Waals surface area contributed by atoms with E-state index < -0.39 is 29.5 Å². The quantitative estimate of drug-likeness (QED) is 0.336. The van der Waals surface area contributed by atoms with E-state index >= 15 is 0 Å². The summed E-state index contributed by atoms with van der Waals surface area (Å²) in [5, 5.41) is 0. The Hall–Kier alpha value is -4.36. The maximum atomic E-state index is 13.3. The molecule has 37 heavy (non-hydrogen) atoms. The molecule has 0 spiro atoms. The van der Waals surface area contributed by atoms with E-state index in [0.717, 1.165) is 21.3 Å². The van der Waals surface area contributed by atoms with E-state index in [4.69, 9.17) is 4.74 Å². The molecule has 2 aromatic carbocycles. The number of aromatic nitrogens is 4. The maximum absolute atomic E-state index is 13.3. The van der Waals surface area contributed by atoms with Crippen LogP contribution < -0.4 is 25.5 Å². The van der Waals surface area contributed by atoms with Crippen molar-refractivity contribution in [2.24, 2.45) is 14.1 Å². The Morgan fingerprint density at radius 3 is 2.14 bits per heavy atom. The number of hydrogen-bond donors (Lipinski definition) is 0. The molecule has 0 saturated heterocycles. The lowest BCUT2D eigenvalue weighted by Gasteiger charge is -2.14. The van der Waals surface area contributed by atoms with Gasteiger partial charge in [-0.25, -0.2) is 4.79 Å². The lowest BCUT2D eigenvalue weighted by molar-refractivity contribution is -0.274. The minimum atomic E-state index is -4.86. The minimum Gasteiger partial charge on any atom is -0.433 e. The third-order valence-corrected chi connectivity index (χ3v) is 5.12. The predicted molar refractivity (Wildman–Crippen MR) is 120 cm³/mol. The number of halogens is 5. The molecule has 0 aliphatic carbocycles. The van der Waals surface area contributed by atoms with E-state index in [2.05, 4.69) is 14.5 Å². The normalized spacial score (nSPS) is 12.1. The van der Waals surface area contributed by atoms with Gasteiger partial charge in [0.05, 0.1) is 6.54 Å². The smallest absolute Gasteiger partial charge is 0.433 e. The second kappa shape index (κ2) is 9.26. The van der Waals surface area contributed by atoms with Gasteiger partial charge in [0.15, 0.2) is 11.2 Å². The summed E-state index contributed by atoms with van der Waals surface area (Å²) < 4.78 is 81.5. The van der Waals surface area contributed by atoms with Gasteiger partial charge in [0.1, 0.15) is 17.2 Å². The second-order valence-corrected chi connectivity index (χ2v) is 8.04. The monoisotopic (exact) mass is 526 g/mol. The van der Waals surface area contributed by atoms with Crippen molar-refractivity contribution < 1.29 is 36.2 Å². The van der Waals surface area contributed by atoms with E-state index in [9.17, 15) is 31.5 Å². The van der Waals surface area contributed by atoms with Crippen LogP contribution in [0.4, 0.5) is 22.0 Å². The molecule has 0 atom stereocenters. The van der Waals surface area contributed by atoms with Crippen LogP contribution in [0.25, 0.3) is 11.2 Å². The van der Waals surface area contributed by atoms with Crippen LogP contribution in [0.2, 0.25) is 0 Å². The Kier molecular flexibility index (Phi) is 6.44. The first kappa shape index (κ1) is 25.7. The van der Waals surface area contributed by atoms with Gasteiger partial charge in [-0.2, -0.15) is 13.8 Å². The van der Waals surface area contributed by atoms with Crippen molar-refractivity contribution in [3.8, 4) is 23.3 Å². The van der Waals surface area contributed by atoms with E-state index in [1.54, 1.807) is 0 Å². The van der Waals surface area contributed by atoms with E-state index in [-0.39, 0.29) is 35.2 Å². The van der Waals surface area contributed by atoms with Gasteiger partial charge in [-0.3, -0.25) is 18.5 Å². The van der Waals surface area contributed by atoms with Crippen LogP contribution in [0.15, 0.2) is 58.1 Å². The molecule has 196 valence electrons. The first-order valence-electron chi connectivity index (χ1n) is 10.6. The van der Waals surface area contributed by atoms with Gasteiger partial charge in [-0.05, 0) is 29.8 Å². The molecule has 0 saturated carbocycles. The number of aryl methyl sites for hydroxylation is 1. The summed E-state index contributed by atoms with van der Waals surface area (Å²) in [5.41, 5.74) is -0.948. The molecule has 0 N–H and O–H groups in total. The predicted octanol–water partition coefficient (Wildman–Crippen LogP) is 4.16. The van der Waals surface area contributed by atoms with Crippen molar-refractivity contribution in [1.82, 2.24) is 18.7 Å². The van der Waals surface area contributed by atoms with Crippen LogP contribution >= 0.6 is 0 Å². The third-order valence-electron chi connectivity index (χ3n) is 5.12. The topological polar surface area (TPSA) is 89.5 Å². The minimum absolute atomic E-state index is 0.0207. The number of benzene rings is 2. The highest BCUT2D eigenvalue weighted by molar-refractivity contribution is 5.72. The largest absolute Gasteiger partial charge is 0.573 e. The third kappa shape index (κ3) is 5.73. The van der Waals surface area contributed by atoms with Crippen LogP contribution in [-0.4, -0.2) is 31.2 Å². The standard InChI is InChI=1S/C23H19F5N4O5/c1-22(24,25)36-16-6-4-5-15(11-16)35-20-29-18-17(19(33)31(3)21(34)30(18)2)32(20)12-13-7-9-14(10-8-13)37-23(26,27)28/h4-11H,12H2,1-3H3. The zero-order valence-electron chi connectivity index (χ0n) is 19.5. The van der Waals surface area contributed by atoms with E-state index in [0.29, 0.717) is 12.5 Å². The number of nitrogens with zero attached hydrogens (tertiary/aromatic N) is 4. The van der Waals surface area contributed by atoms with Crippen LogP contribution in [-0.2, 0) is 20.6 Å². The Morgan fingerprint density at radius 1 is 0.865 bits per heavy atom.